The summed E-state index contributed by atoms with van der Waals surface area (Å²) < 4.78 is 0. The van der Waals surface area contributed by atoms with Crippen molar-refractivity contribution in [1.82, 2.24) is 9.80 Å². The Morgan fingerprint density at radius 3 is 2.29 bits per heavy atom. The molecule has 1 heterocycles. The summed E-state index contributed by atoms with van der Waals surface area (Å²) in [6.07, 6.45) is 9.23. The Labute approximate surface area is 130 Å². The topological polar surface area (TPSA) is 49.6 Å². The molecule has 0 aromatic rings. The molecule has 122 valence electrons. The van der Waals surface area contributed by atoms with Gasteiger partial charge in [-0.25, -0.2) is 0 Å². The number of nitrogens with two attached hydrogens (primary N) is 1. The van der Waals surface area contributed by atoms with Crippen LogP contribution in [-0.2, 0) is 4.79 Å². The second-order valence-corrected chi connectivity index (χ2v) is 7.33. The van der Waals surface area contributed by atoms with Crippen molar-refractivity contribution in [2.75, 3.05) is 40.3 Å². The van der Waals surface area contributed by atoms with E-state index in [-0.39, 0.29) is 5.41 Å². The van der Waals surface area contributed by atoms with Crippen molar-refractivity contribution in [2.24, 2.45) is 17.1 Å². The number of likely N-dealkylation sites (tertiary alicyclic amines) is 1. The summed E-state index contributed by atoms with van der Waals surface area (Å²) in [5.74, 6) is 0.974. The van der Waals surface area contributed by atoms with Crippen LogP contribution in [0.3, 0.4) is 0 Å². The summed E-state index contributed by atoms with van der Waals surface area (Å²) >= 11 is 0. The van der Waals surface area contributed by atoms with Crippen LogP contribution in [0.4, 0.5) is 0 Å². The average Bonchev–Trinajstić information content (AvgIpc) is 2.75. The molecule has 2 N–H and O–H groups in total. The molecule has 1 saturated heterocycles. The fraction of sp³-hybridized carbons (Fsp3) is 0.941. The van der Waals surface area contributed by atoms with Crippen LogP contribution in [0, 0.1) is 11.3 Å². The van der Waals surface area contributed by atoms with Crippen molar-refractivity contribution in [2.45, 2.75) is 51.4 Å². The van der Waals surface area contributed by atoms with Crippen LogP contribution in [-0.4, -0.2) is 56.0 Å². The molecule has 2 rings (SSSR count). The highest BCUT2D eigenvalue weighted by Crippen LogP contribution is 2.36. The van der Waals surface area contributed by atoms with E-state index in [4.69, 9.17) is 5.73 Å². The van der Waals surface area contributed by atoms with Crippen LogP contribution in [0.15, 0.2) is 0 Å². The van der Waals surface area contributed by atoms with Crippen LogP contribution in [0.1, 0.15) is 51.4 Å². The first-order chi connectivity index (χ1) is 10.1. The van der Waals surface area contributed by atoms with E-state index in [1.165, 1.54) is 25.7 Å². The van der Waals surface area contributed by atoms with Gasteiger partial charge in [0.05, 0.1) is 5.41 Å². The molecule has 0 radical (unpaired) electrons. The summed E-state index contributed by atoms with van der Waals surface area (Å²) in [5.41, 5.74) is 5.78. The maximum atomic E-state index is 13.0. The number of piperidine rings is 1. The minimum Gasteiger partial charge on any atom is -0.345 e. The Kier molecular flexibility index (Phi) is 6.06. The second kappa shape index (κ2) is 7.59. The average molecular weight is 295 g/mol. The fourth-order valence-electron chi connectivity index (χ4n) is 4.03. The van der Waals surface area contributed by atoms with Gasteiger partial charge in [0.2, 0.25) is 5.91 Å². The van der Waals surface area contributed by atoms with E-state index in [1.54, 1.807) is 0 Å². The molecular weight excluding hydrogens is 262 g/mol. The summed E-state index contributed by atoms with van der Waals surface area (Å²) in [5, 5.41) is 0. The Balaban J connectivity index is 1.93. The molecule has 1 aliphatic heterocycles. The molecule has 0 unspecified atom stereocenters. The van der Waals surface area contributed by atoms with Gasteiger partial charge >= 0.3 is 0 Å². The number of carbonyl (C=O) groups is 1. The van der Waals surface area contributed by atoms with Crippen LogP contribution in [0.5, 0.6) is 0 Å². The van der Waals surface area contributed by atoms with Crippen LogP contribution in [0.25, 0.3) is 0 Å². The van der Waals surface area contributed by atoms with Gasteiger partial charge in [0.15, 0.2) is 0 Å². The number of carbonyl (C=O) groups excluding carboxylic acids is 1. The zero-order valence-electron chi connectivity index (χ0n) is 13.9. The van der Waals surface area contributed by atoms with E-state index in [9.17, 15) is 4.79 Å². The molecule has 0 atom stereocenters. The lowest BCUT2D eigenvalue weighted by Gasteiger charge is -2.37. The molecule has 1 saturated carbocycles. The minimum atomic E-state index is -0.267. The van der Waals surface area contributed by atoms with E-state index in [1.807, 2.05) is 11.9 Å². The van der Waals surface area contributed by atoms with Gasteiger partial charge in [0, 0.05) is 20.1 Å². The van der Waals surface area contributed by atoms with Crippen molar-refractivity contribution >= 4 is 5.91 Å². The standard InChI is InChI=1S/C17H33N3O/c1-19-11-7-15(8-12-19)13-20(2)16(21)17(14-18)9-5-3-4-6-10-17/h15H,3-14,18H2,1-2H3. The molecule has 4 heteroatoms. The summed E-state index contributed by atoms with van der Waals surface area (Å²) in [6, 6.07) is 0. The third-order valence-electron chi connectivity index (χ3n) is 5.62. The van der Waals surface area contributed by atoms with Gasteiger partial charge in [-0.05, 0) is 51.7 Å². The largest absolute Gasteiger partial charge is 0.345 e. The molecule has 0 aromatic heterocycles. The van der Waals surface area contributed by atoms with Crippen molar-refractivity contribution in [3.8, 4) is 0 Å². The molecule has 2 fully saturated rings. The third kappa shape index (κ3) is 4.19. The Hall–Kier alpha value is -0.610. The molecule has 21 heavy (non-hydrogen) atoms. The van der Waals surface area contributed by atoms with Gasteiger partial charge < -0.3 is 15.5 Å². The number of amides is 1. The van der Waals surface area contributed by atoms with E-state index in [0.717, 1.165) is 45.3 Å². The monoisotopic (exact) mass is 295 g/mol. The van der Waals surface area contributed by atoms with Crippen molar-refractivity contribution in [3.05, 3.63) is 0 Å². The van der Waals surface area contributed by atoms with Crippen molar-refractivity contribution < 1.29 is 4.79 Å². The number of hydrogen-bond donors (Lipinski definition) is 1. The van der Waals surface area contributed by atoms with Crippen molar-refractivity contribution in [3.63, 3.8) is 0 Å². The van der Waals surface area contributed by atoms with Gasteiger partial charge in [-0.15, -0.1) is 0 Å². The molecular formula is C17H33N3O. The number of rotatable bonds is 4. The molecule has 0 spiro atoms. The normalized spacial score (nSPS) is 24.5. The van der Waals surface area contributed by atoms with Crippen LogP contribution >= 0.6 is 0 Å². The van der Waals surface area contributed by atoms with Crippen LogP contribution < -0.4 is 5.73 Å². The predicted molar refractivity (Wildman–Crippen MR) is 87.0 cm³/mol. The lowest BCUT2D eigenvalue weighted by Crippen LogP contribution is -2.48. The third-order valence-corrected chi connectivity index (χ3v) is 5.62. The second-order valence-electron chi connectivity index (χ2n) is 7.33. The van der Waals surface area contributed by atoms with E-state index >= 15 is 0 Å². The van der Waals surface area contributed by atoms with E-state index < -0.39 is 0 Å². The first-order valence-corrected chi connectivity index (χ1v) is 8.71. The highest BCUT2D eigenvalue weighted by atomic mass is 16.2. The molecule has 4 nitrogen and oxygen atoms in total. The first kappa shape index (κ1) is 16.8. The van der Waals surface area contributed by atoms with Crippen LogP contribution in [0.2, 0.25) is 0 Å². The molecule has 0 aromatic carbocycles. The molecule has 0 bridgehead atoms. The van der Waals surface area contributed by atoms with Gasteiger partial charge in [-0.3, -0.25) is 4.79 Å². The SMILES string of the molecule is CN1CCC(CN(C)C(=O)C2(CN)CCCCCC2)CC1. The minimum absolute atomic E-state index is 0.267. The highest BCUT2D eigenvalue weighted by molar-refractivity contribution is 5.82. The van der Waals surface area contributed by atoms with E-state index in [2.05, 4.69) is 11.9 Å². The van der Waals surface area contributed by atoms with Gasteiger partial charge in [0.1, 0.15) is 0 Å². The zero-order valence-corrected chi connectivity index (χ0v) is 13.9. The number of nitrogens with zero attached hydrogens (tertiary/aromatic N) is 2. The van der Waals surface area contributed by atoms with Gasteiger partial charge in [-0.1, -0.05) is 25.7 Å². The summed E-state index contributed by atoms with van der Waals surface area (Å²) in [6.45, 7) is 3.75. The quantitative estimate of drug-likeness (QED) is 0.808. The predicted octanol–water partition coefficient (Wildman–Crippen LogP) is 2.09. The Morgan fingerprint density at radius 1 is 1.19 bits per heavy atom. The molecule has 1 aliphatic carbocycles. The van der Waals surface area contributed by atoms with Gasteiger partial charge in [-0.2, -0.15) is 0 Å². The van der Waals surface area contributed by atoms with Gasteiger partial charge in [0.25, 0.3) is 0 Å². The first-order valence-electron chi connectivity index (χ1n) is 8.71. The highest BCUT2D eigenvalue weighted by Gasteiger charge is 2.39. The lowest BCUT2D eigenvalue weighted by molar-refractivity contribution is -0.142. The Morgan fingerprint density at radius 2 is 1.76 bits per heavy atom. The maximum Gasteiger partial charge on any atom is 0.229 e. The fourth-order valence-corrected chi connectivity index (χ4v) is 4.03. The molecule has 2 aliphatic rings. The van der Waals surface area contributed by atoms with E-state index in [0.29, 0.717) is 18.4 Å². The summed E-state index contributed by atoms with van der Waals surface area (Å²) in [7, 11) is 4.17. The van der Waals surface area contributed by atoms with Crippen molar-refractivity contribution in [1.29, 1.82) is 0 Å². The smallest absolute Gasteiger partial charge is 0.229 e. The maximum absolute atomic E-state index is 13.0. The summed E-state index contributed by atoms with van der Waals surface area (Å²) in [4.78, 5) is 17.4. The zero-order chi connectivity index (χ0) is 15.3. The lowest BCUT2D eigenvalue weighted by atomic mass is 9.79. The number of hydrogen-bond acceptors (Lipinski definition) is 3. The Bertz CT molecular complexity index is 329. The molecule has 1 amide bonds.